The molecular weight excluding hydrogens is 360 g/mol. The summed E-state index contributed by atoms with van der Waals surface area (Å²) in [7, 11) is 1.51. The molecule has 2 rings (SSSR count). The van der Waals surface area contributed by atoms with Crippen LogP contribution in [0.15, 0.2) is 36.4 Å². The lowest BCUT2D eigenvalue weighted by Gasteiger charge is -2.14. The fourth-order valence-corrected chi connectivity index (χ4v) is 2.36. The Balaban J connectivity index is 2.27. The van der Waals surface area contributed by atoms with Crippen molar-refractivity contribution in [3.63, 3.8) is 0 Å². The molecule has 2 aromatic rings. The maximum atomic E-state index is 12.5. The number of ether oxygens (including phenoxy) is 2. The number of benzene rings is 2. The zero-order valence-corrected chi connectivity index (χ0v) is 15.2. The molecule has 1 N–H and O–H groups in total. The molecule has 0 aliphatic heterocycles. The van der Waals surface area contributed by atoms with Crippen LogP contribution >= 0.6 is 11.6 Å². The van der Waals surface area contributed by atoms with E-state index in [4.69, 9.17) is 21.1 Å². The van der Waals surface area contributed by atoms with Crippen LogP contribution in [0.3, 0.4) is 0 Å². The van der Waals surface area contributed by atoms with Crippen molar-refractivity contribution in [2.24, 2.45) is 0 Å². The standard InChI is InChI=1S/C18H19ClN2O5/c1-3-4-9-26-17-8-6-13(25-2)11-15(17)20-18(22)12-5-7-14(19)16(10-12)21(23)24/h5-8,10-11H,3-4,9H2,1-2H3,(H,20,22). The third-order valence-corrected chi connectivity index (χ3v) is 3.92. The van der Waals surface area contributed by atoms with Gasteiger partial charge in [-0.1, -0.05) is 24.9 Å². The number of anilines is 1. The fraction of sp³-hybridized carbons (Fsp3) is 0.278. The molecule has 0 bridgehead atoms. The van der Waals surface area contributed by atoms with E-state index in [-0.39, 0.29) is 16.3 Å². The van der Waals surface area contributed by atoms with Crippen LogP contribution in [0.25, 0.3) is 0 Å². The van der Waals surface area contributed by atoms with E-state index in [9.17, 15) is 14.9 Å². The summed E-state index contributed by atoms with van der Waals surface area (Å²) in [6, 6.07) is 8.93. The second-order valence-corrected chi connectivity index (χ2v) is 5.85. The smallest absolute Gasteiger partial charge is 0.288 e. The molecule has 0 unspecified atom stereocenters. The fourth-order valence-electron chi connectivity index (χ4n) is 2.17. The number of nitro benzene ring substituents is 1. The number of nitrogens with one attached hydrogen (secondary N) is 1. The first-order valence-corrected chi connectivity index (χ1v) is 8.40. The number of carbonyl (C=O) groups is 1. The largest absolute Gasteiger partial charge is 0.497 e. The molecule has 0 aliphatic carbocycles. The molecule has 0 fully saturated rings. The molecule has 0 atom stereocenters. The highest BCUT2D eigenvalue weighted by Crippen LogP contribution is 2.31. The zero-order valence-electron chi connectivity index (χ0n) is 14.5. The van der Waals surface area contributed by atoms with Crippen LogP contribution in [-0.4, -0.2) is 24.5 Å². The van der Waals surface area contributed by atoms with Crippen LogP contribution < -0.4 is 14.8 Å². The summed E-state index contributed by atoms with van der Waals surface area (Å²) in [6.45, 7) is 2.56. The van der Waals surface area contributed by atoms with Crippen LogP contribution in [0.5, 0.6) is 11.5 Å². The number of nitro groups is 1. The maximum Gasteiger partial charge on any atom is 0.288 e. The van der Waals surface area contributed by atoms with Gasteiger partial charge in [0.25, 0.3) is 11.6 Å². The molecule has 0 aromatic heterocycles. The Morgan fingerprint density at radius 1 is 1.27 bits per heavy atom. The summed E-state index contributed by atoms with van der Waals surface area (Å²) in [4.78, 5) is 22.9. The van der Waals surface area contributed by atoms with Gasteiger partial charge >= 0.3 is 0 Å². The zero-order chi connectivity index (χ0) is 19.1. The topological polar surface area (TPSA) is 90.7 Å². The van der Waals surface area contributed by atoms with E-state index >= 15 is 0 Å². The number of amides is 1. The number of hydrogen-bond acceptors (Lipinski definition) is 5. The highest BCUT2D eigenvalue weighted by atomic mass is 35.5. The number of hydrogen-bond donors (Lipinski definition) is 1. The van der Waals surface area contributed by atoms with E-state index < -0.39 is 10.8 Å². The van der Waals surface area contributed by atoms with Crippen LogP contribution in [0, 0.1) is 10.1 Å². The second kappa shape index (κ2) is 9.05. The molecule has 0 saturated carbocycles. The van der Waals surface area contributed by atoms with Gasteiger partial charge in [-0.05, 0) is 30.7 Å². The summed E-state index contributed by atoms with van der Waals surface area (Å²) in [5.74, 6) is 0.527. The first-order chi connectivity index (χ1) is 12.5. The molecule has 2 aromatic carbocycles. The van der Waals surface area contributed by atoms with Crippen LogP contribution in [0.2, 0.25) is 5.02 Å². The molecule has 8 heteroatoms. The number of rotatable bonds is 8. The second-order valence-electron chi connectivity index (χ2n) is 5.44. The van der Waals surface area contributed by atoms with Crippen LogP contribution in [-0.2, 0) is 0 Å². The molecule has 0 heterocycles. The van der Waals surface area contributed by atoms with Gasteiger partial charge in [-0.25, -0.2) is 0 Å². The highest BCUT2D eigenvalue weighted by molar-refractivity contribution is 6.32. The normalized spacial score (nSPS) is 10.3. The van der Waals surface area contributed by atoms with Gasteiger partial charge in [-0.15, -0.1) is 0 Å². The van der Waals surface area contributed by atoms with E-state index in [2.05, 4.69) is 5.32 Å². The minimum absolute atomic E-state index is 0.0310. The van der Waals surface area contributed by atoms with Gasteiger partial charge in [0, 0.05) is 17.7 Å². The van der Waals surface area contributed by atoms with Gasteiger partial charge in [0.1, 0.15) is 16.5 Å². The number of carbonyl (C=O) groups excluding carboxylic acids is 1. The number of halogens is 1. The summed E-state index contributed by atoms with van der Waals surface area (Å²) in [6.07, 6.45) is 1.86. The third-order valence-electron chi connectivity index (χ3n) is 3.60. The number of nitrogens with zero attached hydrogens (tertiary/aromatic N) is 1. The van der Waals surface area contributed by atoms with Gasteiger partial charge in [0.15, 0.2) is 0 Å². The highest BCUT2D eigenvalue weighted by Gasteiger charge is 2.17. The first kappa shape index (κ1) is 19.5. The molecule has 0 saturated heterocycles. The molecular formula is C18H19ClN2O5. The minimum Gasteiger partial charge on any atom is -0.497 e. The van der Waals surface area contributed by atoms with E-state index in [1.54, 1.807) is 18.2 Å². The van der Waals surface area contributed by atoms with Crippen molar-refractivity contribution in [2.45, 2.75) is 19.8 Å². The molecule has 1 amide bonds. The lowest BCUT2D eigenvalue weighted by atomic mass is 10.1. The van der Waals surface area contributed by atoms with Gasteiger partial charge in [-0.2, -0.15) is 0 Å². The van der Waals surface area contributed by atoms with Gasteiger partial charge in [0.2, 0.25) is 0 Å². The quantitative estimate of drug-likeness (QED) is 0.409. The predicted molar refractivity (Wildman–Crippen MR) is 99.5 cm³/mol. The summed E-state index contributed by atoms with van der Waals surface area (Å²) >= 11 is 5.78. The van der Waals surface area contributed by atoms with Crippen LogP contribution in [0.4, 0.5) is 11.4 Å². The minimum atomic E-state index is -0.635. The summed E-state index contributed by atoms with van der Waals surface area (Å²) in [5, 5.41) is 13.7. The monoisotopic (exact) mass is 378 g/mol. The molecule has 0 radical (unpaired) electrons. The molecule has 7 nitrogen and oxygen atoms in total. The average Bonchev–Trinajstić information content (AvgIpc) is 2.63. The maximum absolute atomic E-state index is 12.5. The predicted octanol–water partition coefficient (Wildman–Crippen LogP) is 4.69. The van der Waals surface area contributed by atoms with Crippen molar-refractivity contribution < 1.29 is 19.2 Å². The lowest BCUT2D eigenvalue weighted by Crippen LogP contribution is -2.13. The van der Waals surface area contributed by atoms with Gasteiger partial charge in [0.05, 0.1) is 24.3 Å². The van der Waals surface area contributed by atoms with E-state index in [1.807, 2.05) is 6.92 Å². The van der Waals surface area contributed by atoms with Crippen molar-refractivity contribution in [1.29, 1.82) is 0 Å². The Bertz CT molecular complexity index is 810. The van der Waals surface area contributed by atoms with Crippen LogP contribution in [0.1, 0.15) is 30.1 Å². The summed E-state index contributed by atoms with van der Waals surface area (Å²) < 4.78 is 10.9. The molecule has 138 valence electrons. The number of unbranched alkanes of at least 4 members (excludes halogenated alkanes) is 1. The Hall–Kier alpha value is -2.80. The Kier molecular flexibility index (Phi) is 6.80. The molecule has 0 spiro atoms. The summed E-state index contributed by atoms with van der Waals surface area (Å²) in [5.41, 5.74) is 0.205. The van der Waals surface area contributed by atoms with Gasteiger partial charge < -0.3 is 14.8 Å². The SMILES string of the molecule is CCCCOc1ccc(OC)cc1NC(=O)c1ccc(Cl)c([N+](=O)[O-])c1. The van der Waals surface area contributed by atoms with Crippen molar-refractivity contribution >= 4 is 28.9 Å². The van der Waals surface area contributed by atoms with E-state index in [0.29, 0.717) is 23.8 Å². The van der Waals surface area contributed by atoms with E-state index in [1.165, 1.54) is 19.2 Å². The average molecular weight is 379 g/mol. The molecule has 0 aliphatic rings. The van der Waals surface area contributed by atoms with E-state index in [0.717, 1.165) is 18.9 Å². The van der Waals surface area contributed by atoms with Crippen molar-refractivity contribution in [3.05, 3.63) is 57.1 Å². The lowest BCUT2D eigenvalue weighted by molar-refractivity contribution is -0.384. The number of methoxy groups -OCH3 is 1. The van der Waals surface area contributed by atoms with Gasteiger partial charge in [-0.3, -0.25) is 14.9 Å². The Labute approximate surface area is 156 Å². The van der Waals surface area contributed by atoms with Crippen molar-refractivity contribution in [1.82, 2.24) is 0 Å². The van der Waals surface area contributed by atoms with Crippen molar-refractivity contribution in [2.75, 3.05) is 19.0 Å². The third kappa shape index (κ3) is 4.86. The first-order valence-electron chi connectivity index (χ1n) is 8.02. The van der Waals surface area contributed by atoms with Crippen molar-refractivity contribution in [3.8, 4) is 11.5 Å². The Morgan fingerprint density at radius 3 is 2.69 bits per heavy atom. The Morgan fingerprint density at radius 2 is 2.04 bits per heavy atom. The molecule has 26 heavy (non-hydrogen) atoms.